The monoisotopic (exact) mass is 225 g/mol. The molecule has 0 bridgehead atoms. The molecule has 0 aliphatic heterocycles. The summed E-state index contributed by atoms with van der Waals surface area (Å²) < 4.78 is 0. The number of aryl methyl sites for hydroxylation is 1. The summed E-state index contributed by atoms with van der Waals surface area (Å²) in [7, 11) is 0. The van der Waals surface area contributed by atoms with Gasteiger partial charge in [-0.15, -0.1) is 0 Å². The molecular weight excluding hydrogens is 208 g/mol. The molecular formula is C16H17O. The van der Waals surface area contributed by atoms with Gasteiger partial charge >= 0.3 is 0 Å². The molecule has 1 atom stereocenters. The molecule has 2 aromatic rings. The van der Waals surface area contributed by atoms with E-state index in [1.807, 2.05) is 48.5 Å². The molecule has 1 heteroatoms. The van der Waals surface area contributed by atoms with Crippen molar-refractivity contribution in [1.82, 2.24) is 0 Å². The van der Waals surface area contributed by atoms with Crippen molar-refractivity contribution < 1.29 is 5.11 Å². The predicted octanol–water partition coefficient (Wildman–Crippen LogP) is 3.34. The van der Waals surface area contributed by atoms with Gasteiger partial charge in [0, 0.05) is 0 Å². The van der Waals surface area contributed by atoms with Crippen LogP contribution in [0.25, 0.3) is 0 Å². The minimum Gasteiger partial charge on any atom is -0.385 e. The summed E-state index contributed by atoms with van der Waals surface area (Å²) in [5, 5.41) is 10.3. The van der Waals surface area contributed by atoms with Crippen LogP contribution in [0.4, 0.5) is 0 Å². The summed E-state index contributed by atoms with van der Waals surface area (Å²) in [6.07, 6.45) is 1.46. The number of rotatable bonds is 4. The zero-order valence-electron chi connectivity index (χ0n) is 9.84. The largest absolute Gasteiger partial charge is 0.385 e. The highest BCUT2D eigenvalue weighted by Gasteiger charge is 2.22. The standard InChI is InChI=1S/C16H17O/c1-16(17,15-10-6-3-7-11-15)13-12-14-8-4-2-5-9-14/h2-11,17H,1,12-13H2. The van der Waals surface area contributed by atoms with Gasteiger partial charge in [0.2, 0.25) is 0 Å². The Labute approximate surface area is 103 Å². The first kappa shape index (κ1) is 11.9. The molecule has 0 aliphatic rings. The fraction of sp³-hybridized carbons (Fsp3) is 0.188. The Bertz CT molecular complexity index is 445. The second-order valence-electron chi connectivity index (χ2n) is 4.38. The van der Waals surface area contributed by atoms with Crippen molar-refractivity contribution in [2.75, 3.05) is 0 Å². The summed E-state index contributed by atoms with van der Waals surface area (Å²) in [6.45, 7) is 3.91. The Kier molecular flexibility index (Phi) is 3.60. The van der Waals surface area contributed by atoms with E-state index in [-0.39, 0.29) is 0 Å². The second kappa shape index (κ2) is 5.15. The van der Waals surface area contributed by atoms with Gasteiger partial charge in [0.05, 0.1) is 5.60 Å². The maximum Gasteiger partial charge on any atom is 0.0900 e. The highest BCUT2D eigenvalue weighted by atomic mass is 16.3. The Hall–Kier alpha value is -1.60. The fourth-order valence-corrected chi connectivity index (χ4v) is 1.89. The topological polar surface area (TPSA) is 20.2 Å². The van der Waals surface area contributed by atoms with Crippen molar-refractivity contribution in [3.05, 3.63) is 78.7 Å². The van der Waals surface area contributed by atoms with Gasteiger partial charge < -0.3 is 5.11 Å². The predicted molar refractivity (Wildman–Crippen MR) is 70.5 cm³/mol. The van der Waals surface area contributed by atoms with Crippen molar-refractivity contribution in [1.29, 1.82) is 0 Å². The molecule has 1 nitrogen and oxygen atoms in total. The maximum absolute atomic E-state index is 10.3. The molecule has 0 aliphatic carbocycles. The first-order valence-electron chi connectivity index (χ1n) is 5.86. The average molecular weight is 225 g/mol. The van der Waals surface area contributed by atoms with E-state index in [1.54, 1.807) is 0 Å². The van der Waals surface area contributed by atoms with E-state index >= 15 is 0 Å². The van der Waals surface area contributed by atoms with Crippen LogP contribution in [0.15, 0.2) is 60.7 Å². The maximum atomic E-state index is 10.3. The SMILES string of the molecule is [CH2]C(O)(CCc1ccccc1)c1ccccc1. The molecule has 0 saturated carbocycles. The smallest absolute Gasteiger partial charge is 0.0900 e. The molecule has 1 N–H and O–H groups in total. The minimum absolute atomic E-state index is 0.626. The molecule has 87 valence electrons. The van der Waals surface area contributed by atoms with E-state index in [2.05, 4.69) is 19.1 Å². The molecule has 1 unspecified atom stereocenters. The lowest BCUT2D eigenvalue weighted by Crippen LogP contribution is -2.22. The molecule has 1 radical (unpaired) electrons. The van der Waals surface area contributed by atoms with Crippen molar-refractivity contribution >= 4 is 0 Å². The van der Waals surface area contributed by atoms with Crippen LogP contribution in [0.5, 0.6) is 0 Å². The molecule has 17 heavy (non-hydrogen) atoms. The summed E-state index contributed by atoms with van der Waals surface area (Å²) >= 11 is 0. The first-order valence-corrected chi connectivity index (χ1v) is 5.86. The second-order valence-corrected chi connectivity index (χ2v) is 4.38. The van der Waals surface area contributed by atoms with Crippen molar-refractivity contribution in [3.8, 4) is 0 Å². The van der Waals surface area contributed by atoms with E-state index in [9.17, 15) is 5.11 Å². The summed E-state index contributed by atoms with van der Waals surface area (Å²) in [5.41, 5.74) is 1.10. The summed E-state index contributed by atoms with van der Waals surface area (Å²) in [5.74, 6) is 0. The lowest BCUT2D eigenvalue weighted by Gasteiger charge is -2.23. The third-order valence-electron chi connectivity index (χ3n) is 2.98. The van der Waals surface area contributed by atoms with E-state index in [1.165, 1.54) is 5.56 Å². The molecule has 0 heterocycles. The molecule has 0 amide bonds. The number of hydrogen-bond donors (Lipinski definition) is 1. The quantitative estimate of drug-likeness (QED) is 0.846. The summed E-state index contributed by atoms with van der Waals surface area (Å²) in [6, 6.07) is 19.8. The lowest BCUT2D eigenvalue weighted by atomic mass is 9.89. The van der Waals surface area contributed by atoms with Gasteiger partial charge in [-0.05, 0) is 30.9 Å². The number of benzene rings is 2. The van der Waals surface area contributed by atoms with Gasteiger partial charge in [0.25, 0.3) is 0 Å². The Morgan fingerprint density at radius 2 is 1.41 bits per heavy atom. The van der Waals surface area contributed by atoms with Crippen LogP contribution in [0.2, 0.25) is 0 Å². The first-order chi connectivity index (χ1) is 8.18. The summed E-state index contributed by atoms with van der Waals surface area (Å²) in [4.78, 5) is 0. The zero-order chi connectivity index (χ0) is 12.1. The molecule has 0 fully saturated rings. The molecule has 0 aromatic heterocycles. The van der Waals surface area contributed by atoms with Gasteiger partial charge in [-0.1, -0.05) is 60.7 Å². The van der Waals surface area contributed by atoms with Crippen LogP contribution in [0.1, 0.15) is 17.5 Å². The molecule has 2 rings (SSSR count). The number of aliphatic hydroxyl groups is 1. The number of hydrogen-bond acceptors (Lipinski definition) is 1. The van der Waals surface area contributed by atoms with Crippen LogP contribution < -0.4 is 0 Å². The Balaban J connectivity index is 2.03. The fourth-order valence-electron chi connectivity index (χ4n) is 1.89. The minimum atomic E-state index is -1.00. The molecule has 0 spiro atoms. The highest BCUT2D eigenvalue weighted by Crippen LogP contribution is 2.25. The molecule has 0 saturated heterocycles. The third-order valence-corrected chi connectivity index (χ3v) is 2.98. The lowest BCUT2D eigenvalue weighted by molar-refractivity contribution is 0.0768. The van der Waals surface area contributed by atoms with Crippen LogP contribution >= 0.6 is 0 Å². The Morgan fingerprint density at radius 3 is 2.00 bits per heavy atom. The normalized spacial score (nSPS) is 14.2. The van der Waals surface area contributed by atoms with E-state index < -0.39 is 5.60 Å². The third kappa shape index (κ3) is 3.18. The Morgan fingerprint density at radius 1 is 0.882 bits per heavy atom. The van der Waals surface area contributed by atoms with Gasteiger partial charge in [-0.3, -0.25) is 0 Å². The van der Waals surface area contributed by atoms with Crippen LogP contribution in [-0.4, -0.2) is 5.11 Å². The van der Waals surface area contributed by atoms with Gasteiger partial charge in [0.1, 0.15) is 0 Å². The van der Waals surface area contributed by atoms with Gasteiger partial charge in [0.15, 0.2) is 0 Å². The highest BCUT2D eigenvalue weighted by molar-refractivity contribution is 5.24. The van der Waals surface area contributed by atoms with Crippen LogP contribution in [0, 0.1) is 6.92 Å². The van der Waals surface area contributed by atoms with Crippen LogP contribution in [-0.2, 0) is 12.0 Å². The zero-order valence-corrected chi connectivity index (χ0v) is 9.84. The molecule has 2 aromatic carbocycles. The van der Waals surface area contributed by atoms with Crippen molar-refractivity contribution in [2.24, 2.45) is 0 Å². The van der Waals surface area contributed by atoms with E-state index in [0.29, 0.717) is 6.42 Å². The average Bonchev–Trinajstić information content (AvgIpc) is 2.39. The van der Waals surface area contributed by atoms with Crippen molar-refractivity contribution in [2.45, 2.75) is 18.4 Å². The van der Waals surface area contributed by atoms with Gasteiger partial charge in [-0.2, -0.15) is 0 Å². The van der Waals surface area contributed by atoms with Crippen molar-refractivity contribution in [3.63, 3.8) is 0 Å². The van der Waals surface area contributed by atoms with Crippen LogP contribution in [0.3, 0.4) is 0 Å². The van der Waals surface area contributed by atoms with Gasteiger partial charge in [-0.25, -0.2) is 0 Å². The van der Waals surface area contributed by atoms with E-state index in [4.69, 9.17) is 0 Å². The van der Waals surface area contributed by atoms with E-state index in [0.717, 1.165) is 12.0 Å².